The molecule has 1 unspecified atom stereocenters. The van der Waals surface area contributed by atoms with Crippen LogP contribution in [0.15, 0.2) is 18.2 Å². The minimum absolute atomic E-state index is 0.385. The summed E-state index contributed by atoms with van der Waals surface area (Å²) in [6.45, 7) is 7.48. The van der Waals surface area contributed by atoms with Gasteiger partial charge in [0.25, 0.3) is 0 Å². The number of aryl methyl sites for hydroxylation is 1. The van der Waals surface area contributed by atoms with Crippen LogP contribution < -0.4 is 10.2 Å². The highest BCUT2D eigenvalue weighted by Gasteiger charge is 2.16. The van der Waals surface area contributed by atoms with Crippen molar-refractivity contribution in [2.24, 2.45) is 0 Å². The molecule has 0 radical (unpaired) electrons. The molecule has 0 spiro atoms. The molecule has 0 bridgehead atoms. The van der Waals surface area contributed by atoms with Gasteiger partial charge in [0.2, 0.25) is 0 Å². The largest absolute Gasteiger partial charge is 0.448 e. The highest BCUT2D eigenvalue weighted by Crippen LogP contribution is 2.24. The molecule has 1 aromatic carbocycles. The van der Waals surface area contributed by atoms with E-state index in [1.54, 1.807) is 6.07 Å². The molecule has 0 heterocycles. The van der Waals surface area contributed by atoms with Crippen molar-refractivity contribution in [2.45, 2.75) is 27.2 Å². The third kappa shape index (κ3) is 7.30. The number of benzene rings is 1. The van der Waals surface area contributed by atoms with Crippen molar-refractivity contribution in [2.75, 3.05) is 40.8 Å². The number of anilines is 2. The minimum atomic E-state index is -3.74. The maximum Gasteiger partial charge on any atom is 0.411 e. The maximum absolute atomic E-state index is 11.9. The van der Waals surface area contributed by atoms with E-state index in [4.69, 9.17) is 9.29 Å². The van der Waals surface area contributed by atoms with Gasteiger partial charge in [0, 0.05) is 24.5 Å². The summed E-state index contributed by atoms with van der Waals surface area (Å²) in [6, 6.07) is 5.70. The molecule has 1 aromatic rings. The second kappa shape index (κ2) is 10.5. The fourth-order valence-electron chi connectivity index (χ4n) is 2.40. The van der Waals surface area contributed by atoms with Gasteiger partial charge < -0.3 is 14.2 Å². The Morgan fingerprint density at radius 2 is 1.92 bits per heavy atom. The number of nitrogens with one attached hydrogen (secondary N) is 1. The summed E-state index contributed by atoms with van der Waals surface area (Å²) in [6.07, 6.45) is -0.0582. The number of ether oxygens (including phenoxy) is 1. The van der Waals surface area contributed by atoms with Crippen LogP contribution in [-0.2, 0) is 32.1 Å². The smallest absolute Gasteiger partial charge is 0.411 e. The van der Waals surface area contributed by atoms with E-state index in [1.165, 1.54) is 0 Å². The Morgan fingerprint density at radius 3 is 2.46 bits per heavy atom. The van der Waals surface area contributed by atoms with Crippen molar-refractivity contribution in [3.63, 3.8) is 0 Å². The second-order valence-electron chi connectivity index (χ2n) is 5.52. The first-order chi connectivity index (χ1) is 12.2. The Balaban J connectivity index is 2.67. The predicted molar refractivity (Wildman–Crippen MR) is 104 cm³/mol. The van der Waals surface area contributed by atoms with E-state index in [2.05, 4.69) is 24.1 Å². The van der Waals surface area contributed by atoms with E-state index in [1.807, 2.05) is 19.1 Å². The number of carbonyl (C=O) groups is 1. The first-order valence-electron chi connectivity index (χ1n) is 8.31. The number of rotatable bonds is 10. The number of hydrogen-bond acceptors (Lipinski definition) is 6. The number of sulfone groups is 1. The van der Waals surface area contributed by atoms with Crippen LogP contribution in [0.5, 0.6) is 0 Å². The van der Waals surface area contributed by atoms with Gasteiger partial charge in [-0.1, -0.05) is 6.92 Å². The molecular weight excluding hydrogens is 380 g/mol. The summed E-state index contributed by atoms with van der Waals surface area (Å²) in [4.78, 5) is 14.1. The van der Waals surface area contributed by atoms with Crippen LogP contribution in [0.3, 0.4) is 0 Å². The number of amides is 1. The average Bonchev–Trinajstić information content (AvgIpc) is 2.55. The zero-order valence-electron chi connectivity index (χ0n) is 15.2. The fraction of sp³-hybridized carbons (Fsp3) is 0.562. The first kappa shape index (κ1) is 22.4. The fourth-order valence-corrected chi connectivity index (χ4v) is 4.44. The SMILES string of the molecule is CCc1cc(N(CC)CC)ccc1NC(=O)OCCS(=O)(=O)CS(=O)O. The van der Waals surface area contributed by atoms with Gasteiger partial charge in [0.15, 0.2) is 26.0 Å². The predicted octanol–water partition coefficient (Wildman–Crippen LogP) is 2.24. The molecule has 10 heteroatoms. The normalized spacial score (nSPS) is 12.5. The maximum atomic E-state index is 11.9. The molecule has 0 saturated heterocycles. The lowest BCUT2D eigenvalue weighted by atomic mass is 10.1. The van der Waals surface area contributed by atoms with Crippen molar-refractivity contribution in [1.82, 2.24) is 0 Å². The van der Waals surface area contributed by atoms with Crippen molar-refractivity contribution >= 4 is 38.4 Å². The standard InChI is InChI=1S/C16H26N2O6S2/c1-4-13-11-14(18(5-2)6-3)7-8-15(13)17-16(19)24-9-10-26(22,23)12-25(20)21/h7-8,11H,4-6,9-10,12H2,1-3H3,(H,17,19)(H,20,21). The zero-order chi connectivity index (χ0) is 19.7. The summed E-state index contributed by atoms with van der Waals surface area (Å²) in [5, 5.41) is 1.74. The van der Waals surface area contributed by atoms with E-state index in [-0.39, 0.29) is 6.61 Å². The first-order valence-corrected chi connectivity index (χ1v) is 11.4. The highest BCUT2D eigenvalue weighted by atomic mass is 32.3. The molecule has 0 fully saturated rings. The lowest BCUT2D eigenvalue weighted by Crippen LogP contribution is -2.23. The molecule has 0 aliphatic heterocycles. The van der Waals surface area contributed by atoms with Gasteiger partial charge in [-0.3, -0.25) is 5.32 Å². The van der Waals surface area contributed by atoms with Crippen molar-refractivity contribution < 1.29 is 26.7 Å². The van der Waals surface area contributed by atoms with E-state index < -0.39 is 37.8 Å². The molecule has 0 saturated carbocycles. The number of hydrogen-bond donors (Lipinski definition) is 2. The molecule has 26 heavy (non-hydrogen) atoms. The van der Waals surface area contributed by atoms with Gasteiger partial charge in [-0.2, -0.15) is 0 Å². The van der Waals surface area contributed by atoms with Crippen LogP contribution in [0.1, 0.15) is 26.3 Å². The molecule has 2 N–H and O–H groups in total. The summed E-state index contributed by atoms with van der Waals surface area (Å²) in [5.41, 5.74) is 2.61. The Hall–Kier alpha value is -1.65. The molecule has 0 aromatic heterocycles. The average molecular weight is 407 g/mol. The second-order valence-corrected chi connectivity index (χ2v) is 9.00. The van der Waals surface area contributed by atoms with E-state index >= 15 is 0 Å². The molecule has 8 nitrogen and oxygen atoms in total. The molecular formula is C16H26N2O6S2. The lowest BCUT2D eigenvalue weighted by molar-refractivity contribution is 0.168. The van der Waals surface area contributed by atoms with Crippen LogP contribution in [0.4, 0.5) is 16.2 Å². The van der Waals surface area contributed by atoms with Crippen LogP contribution in [0.25, 0.3) is 0 Å². The van der Waals surface area contributed by atoms with E-state index in [0.29, 0.717) is 12.1 Å². The molecule has 0 aliphatic carbocycles. The Morgan fingerprint density at radius 1 is 1.27 bits per heavy atom. The quantitative estimate of drug-likeness (QED) is 0.573. The summed E-state index contributed by atoms with van der Waals surface area (Å²) < 4.78 is 47.0. The lowest BCUT2D eigenvalue weighted by Gasteiger charge is -2.22. The van der Waals surface area contributed by atoms with Crippen molar-refractivity contribution in [3.05, 3.63) is 23.8 Å². The Labute approximate surface area is 157 Å². The van der Waals surface area contributed by atoms with Gasteiger partial charge in [-0.15, -0.1) is 0 Å². The summed E-state index contributed by atoms with van der Waals surface area (Å²) in [7, 11) is -3.74. The van der Waals surface area contributed by atoms with Crippen molar-refractivity contribution in [3.8, 4) is 0 Å². The number of carbonyl (C=O) groups excluding carboxylic acids is 1. The van der Waals surface area contributed by atoms with Crippen LogP contribution >= 0.6 is 0 Å². The van der Waals surface area contributed by atoms with Gasteiger partial charge in [0.1, 0.15) is 6.61 Å². The topological polar surface area (TPSA) is 113 Å². The molecule has 1 amide bonds. The van der Waals surface area contributed by atoms with Crippen LogP contribution in [-0.4, -0.2) is 53.8 Å². The Kier molecular flexibility index (Phi) is 9.03. The van der Waals surface area contributed by atoms with Crippen LogP contribution in [0.2, 0.25) is 0 Å². The van der Waals surface area contributed by atoms with Crippen molar-refractivity contribution in [1.29, 1.82) is 0 Å². The van der Waals surface area contributed by atoms with Gasteiger partial charge >= 0.3 is 6.09 Å². The van der Waals surface area contributed by atoms with Gasteiger partial charge in [0.05, 0.1) is 5.75 Å². The summed E-state index contributed by atoms with van der Waals surface area (Å²) in [5.74, 6) is -0.506. The Bertz CT molecular complexity index is 732. The minimum Gasteiger partial charge on any atom is -0.448 e. The zero-order valence-corrected chi connectivity index (χ0v) is 16.9. The summed E-state index contributed by atoms with van der Waals surface area (Å²) >= 11 is -2.44. The van der Waals surface area contributed by atoms with E-state index in [0.717, 1.165) is 24.3 Å². The molecule has 1 rings (SSSR count). The van der Waals surface area contributed by atoms with Gasteiger partial charge in [-0.25, -0.2) is 17.4 Å². The van der Waals surface area contributed by atoms with Gasteiger partial charge in [-0.05, 0) is 44.0 Å². The number of nitrogens with zero attached hydrogens (tertiary/aromatic N) is 1. The monoisotopic (exact) mass is 406 g/mol. The van der Waals surface area contributed by atoms with Crippen LogP contribution in [0, 0.1) is 0 Å². The third-order valence-electron chi connectivity index (χ3n) is 3.74. The molecule has 148 valence electrons. The molecule has 1 atom stereocenters. The molecule has 0 aliphatic rings. The highest BCUT2D eigenvalue weighted by molar-refractivity contribution is 8.03. The van der Waals surface area contributed by atoms with E-state index in [9.17, 15) is 17.4 Å². The third-order valence-corrected chi connectivity index (χ3v) is 6.77.